The van der Waals surface area contributed by atoms with Crippen LogP contribution < -0.4 is 19.7 Å². The number of amides is 1. The molecule has 5 heterocycles. The molecule has 1 aromatic carbocycles. The van der Waals surface area contributed by atoms with E-state index >= 15 is 0 Å². The third kappa shape index (κ3) is 5.94. The number of hydrogen-bond acceptors (Lipinski definition) is 9. The second kappa shape index (κ2) is 11.7. The number of nitrogens with one attached hydrogen (secondary N) is 1. The maximum Gasteiger partial charge on any atom is 0.255 e. The average Bonchev–Trinajstić information content (AvgIpc) is 3.39. The minimum atomic E-state index is -0.626. The number of fused-ring (bicyclic) bond motifs is 1. The van der Waals surface area contributed by atoms with Crippen LogP contribution in [0.2, 0.25) is 0 Å². The molecule has 0 radical (unpaired) electrons. The van der Waals surface area contributed by atoms with Crippen LogP contribution in [0.3, 0.4) is 0 Å². The summed E-state index contributed by atoms with van der Waals surface area (Å²) in [7, 11) is 1.94. The van der Waals surface area contributed by atoms with E-state index in [0.717, 1.165) is 69.1 Å². The second-order valence-electron chi connectivity index (χ2n) is 12.7. The smallest absolute Gasteiger partial charge is 0.255 e. The fourth-order valence-corrected chi connectivity index (χ4v) is 6.69. The molecule has 2 fully saturated rings. The van der Waals surface area contributed by atoms with E-state index in [1.807, 2.05) is 44.0 Å². The highest BCUT2D eigenvalue weighted by Gasteiger charge is 2.54. The molecular formula is C33H37FN8O3. The Hall–Kier alpha value is -4.58. The predicted octanol–water partition coefficient (Wildman–Crippen LogP) is 4.28. The zero-order valence-electron chi connectivity index (χ0n) is 25.7. The Morgan fingerprint density at radius 3 is 2.78 bits per heavy atom. The number of aromatic nitrogens is 5. The third-order valence-corrected chi connectivity index (χ3v) is 8.77. The van der Waals surface area contributed by atoms with Gasteiger partial charge in [-0.15, -0.1) is 0 Å². The molecule has 4 aromatic rings. The van der Waals surface area contributed by atoms with E-state index in [1.54, 1.807) is 6.07 Å². The summed E-state index contributed by atoms with van der Waals surface area (Å²) in [4.78, 5) is 30.5. The van der Waals surface area contributed by atoms with E-state index in [9.17, 15) is 9.18 Å². The topological polar surface area (TPSA) is 111 Å². The van der Waals surface area contributed by atoms with Crippen molar-refractivity contribution in [1.82, 2.24) is 34.9 Å². The molecule has 1 N–H and O–H groups in total. The average molecular weight is 613 g/mol. The molecule has 7 rings (SSSR count). The van der Waals surface area contributed by atoms with Gasteiger partial charge in [0.2, 0.25) is 0 Å². The summed E-state index contributed by atoms with van der Waals surface area (Å²) >= 11 is 0. The molecule has 12 heteroatoms. The number of ether oxygens (including phenoxy) is 2. The Kier molecular flexibility index (Phi) is 7.60. The third-order valence-electron chi connectivity index (χ3n) is 8.77. The molecule has 0 bridgehead atoms. The number of carbonyl (C=O) groups excluding carboxylic acids is 1. The van der Waals surface area contributed by atoms with Crippen LogP contribution >= 0.6 is 0 Å². The van der Waals surface area contributed by atoms with Gasteiger partial charge in [0.15, 0.2) is 23.1 Å². The van der Waals surface area contributed by atoms with Crippen LogP contribution in [0.25, 0.3) is 0 Å². The molecule has 1 spiro atoms. The highest BCUT2D eigenvalue weighted by atomic mass is 19.1. The van der Waals surface area contributed by atoms with Gasteiger partial charge in [-0.05, 0) is 51.0 Å². The van der Waals surface area contributed by atoms with Crippen molar-refractivity contribution in [3.05, 3.63) is 83.6 Å². The molecule has 3 aliphatic rings. The Labute approximate surface area is 261 Å². The normalized spacial score (nSPS) is 17.5. The Morgan fingerprint density at radius 1 is 1.16 bits per heavy atom. The number of halogens is 1. The number of carbonyl (C=O) groups is 1. The van der Waals surface area contributed by atoms with E-state index in [1.165, 1.54) is 30.2 Å². The van der Waals surface area contributed by atoms with Crippen LogP contribution in [0.4, 0.5) is 10.2 Å². The first kappa shape index (κ1) is 29.1. The molecule has 1 saturated carbocycles. The van der Waals surface area contributed by atoms with Crippen LogP contribution in [-0.4, -0.2) is 67.3 Å². The Bertz CT molecular complexity index is 1710. The minimum absolute atomic E-state index is 0.104. The van der Waals surface area contributed by atoms with Gasteiger partial charge in [-0.3, -0.25) is 19.4 Å². The standard InChI is InChI=1S/C33H37FN8O3/c1-21(2)38-32(43)24-5-4-6-26(34)30(24)45-29-15-35-20-37-31(29)42-18-33(19-42)13-23(14-33)44-28-7-10-36-27-9-12-41(17-25(27)28)16-22-8-11-40(3)39-22/h4-8,10-11,15,20-21,23H,9,12-14,16-19H2,1-3H3,(H,38,43). The molecule has 11 nitrogen and oxygen atoms in total. The van der Waals surface area contributed by atoms with Gasteiger partial charge in [0.05, 0.1) is 17.5 Å². The molecule has 0 unspecified atom stereocenters. The summed E-state index contributed by atoms with van der Waals surface area (Å²) in [6, 6.07) is 8.26. The first-order valence-electron chi connectivity index (χ1n) is 15.4. The molecule has 2 aliphatic heterocycles. The number of para-hydroxylation sites is 1. The highest BCUT2D eigenvalue weighted by molar-refractivity contribution is 5.97. The van der Waals surface area contributed by atoms with Crippen LogP contribution in [0.15, 0.2) is 55.2 Å². The van der Waals surface area contributed by atoms with Gasteiger partial charge in [0.25, 0.3) is 5.91 Å². The van der Waals surface area contributed by atoms with Crippen molar-refractivity contribution in [3.8, 4) is 17.2 Å². The SMILES string of the molecule is CC(C)NC(=O)c1cccc(F)c1Oc1cncnc1N1CC2(CC(Oc3ccnc4c3CN(Cc3ccn(C)n3)CC4)C2)C1. The lowest BCUT2D eigenvalue weighted by Gasteiger charge is -2.59. The van der Waals surface area contributed by atoms with Gasteiger partial charge < -0.3 is 19.7 Å². The van der Waals surface area contributed by atoms with Gasteiger partial charge >= 0.3 is 0 Å². The van der Waals surface area contributed by atoms with Crippen LogP contribution in [0, 0.1) is 11.2 Å². The van der Waals surface area contributed by atoms with E-state index in [2.05, 4.69) is 41.2 Å². The Morgan fingerprint density at radius 2 is 2.00 bits per heavy atom. The maximum absolute atomic E-state index is 14.9. The summed E-state index contributed by atoms with van der Waals surface area (Å²) in [6.45, 7) is 7.80. The van der Waals surface area contributed by atoms with Crippen molar-refractivity contribution < 1.29 is 18.7 Å². The monoisotopic (exact) mass is 612 g/mol. The van der Waals surface area contributed by atoms with Gasteiger partial charge in [0, 0.05) is 81.3 Å². The molecular weight excluding hydrogens is 575 g/mol. The van der Waals surface area contributed by atoms with E-state index in [4.69, 9.17) is 9.47 Å². The molecule has 1 amide bonds. The quantitative estimate of drug-likeness (QED) is 0.296. The number of benzene rings is 1. The molecule has 1 saturated heterocycles. The number of nitrogens with zero attached hydrogens (tertiary/aromatic N) is 7. The molecule has 1 aliphatic carbocycles. The first-order valence-corrected chi connectivity index (χ1v) is 15.4. The van der Waals surface area contributed by atoms with Crippen LogP contribution in [0.5, 0.6) is 17.2 Å². The summed E-state index contributed by atoms with van der Waals surface area (Å²) in [6.07, 6.45) is 9.70. The zero-order valence-corrected chi connectivity index (χ0v) is 25.7. The van der Waals surface area contributed by atoms with Gasteiger partial charge in [0.1, 0.15) is 18.2 Å². The van der Waals surface area contributed by atoms with Crippen molar-refractivity contribution >= 4 is 11.7 Å². The van der Waals surface area contributed by atoms with Crippen molar-refractivity contribution in [2.75, 3.05) is 24.5 Å². The summed E-state index contributed by atoms with van der Waals surface area (Å²) in [5.41, 5.74) is 3.60. The van der Waals surface area contributed by atoms with Crippen LogP contribution in [-0.2, 0) is 26.6 Å². The number of hydrogen-bond donors (Lipinski definition) is 1. The van der Waals surface area contributed by atoms with Gasteiger partial charge in [-0.25, -0.2) is 14.4 Å². The number of rotatable bonds is 9. The first-order chi connectivity index (χ1) is 21.7. The van der Waals surface area contributed by atoms with Crippen LogP contribution in [0.1, 0.15) is 54.0 Å². The maximum atomic E-state index is 14.9. The van der Waals surface area contributed by atoms with Crippen molar-refractivity contribution in [2.45, 2.75) is 58.3 Å². The van der Waals surface area contributed by atoms with Crippen molar-refractivity contribution in [2.24, 2.45) is 12.5 Å². The molecule has 45 heavy (non-hydrogen) atoms. The second-order valence-corrected chi connectivity index (χ2v) is 12.7. The Balaban J connectivity index is 0.985. The van der Waals surface area contributed by atoms with Gasteiger partial charge in [-0.1, -0.05) is 6.07 Å². The van der Waals surface area contributed by atoms with Crippen molar-refractivity contribution in [3.63, 3.8) is 0 Å². The van der Waals surface area contributed by atoms with Crippen molar-refractivity contribution in [1.29, 1.82) is 0 Å². The predicted molar refractivity (Wildman–Crippen MR) is 165 cm³/mol. The number of anilines is 1. The molecule has 3 aromatic heterocycles. The minimum Gasteiger partial charge on any atom is -0.490 e. The molecule has 234 valence electrons. The lowest BCUT2D eigenvalue weighted by atomic mass is 9.61. The number of pyridine rings is 1. The van der Waals surface area contributed by atoms with E-state index in [-0.39, 0.29) is 28.9 Å². The lowest BCUT2D eigenvalue weighted by molar-refractivity contribution is -0.0353. The largest absolute Gasteiger partial charge is 0.490 e. The van der Waals surface area contributed by atoms with E-state index in [0.29, 0.717) is 11.6 Å². The summed E-state index contributed by atoms with van der Waals surface area (Å²) < 4.78 is 29.3. The zero-order chi connectivity index (χ0) is 31.1. The fourth-order valence-electron chi connectivity index (χ4n) is 6.69. The molecule has 0 atom stereocenters. The number of aryl methyl sites for hydroxylation is 1. The summed E-state index contributed by atoms with van der Waals surface area (Å²) in [5, 5.41) is 7.34. The summed E-state index contributed by atoms with van der Waals surface area (Å²) in [5.74, 6) is 0.640. The highest BCUT2D eigenvalue weighted by Crippen LogP contribution is 2.52. The van der Waals surface area contributed by atoms with Gasteiger partial charge in [-0.2, -0.15) is 5.10 Å². The lowest BCUT2D eigenvalue weighted by Crippen LogP contribution is -2.65. The fraction of sp³-hybridized carbons (Fsp3) is 0.424. The van der Waals surface area contributed by atoms with E-state index < -0.39 is 11.7 Å².